The van der Waals surface area contributed by atoms with Crippen molar-refractivity contribution in [3.05, 3.63) is 65.2 Å². The van der Waals surface area contributed by atoms with Crippen LogP contribution in [-0.2, 0) is 0 Å². The molecule has 36 heavy (non-hydrogen) atoms. The normalized spacial score (nSPS) is 13.2. The number of carbonyl (C=O) groups excluding carboxylic acids is 1. The van der Waals surface area contributed by atoms with E-state index in [1.165, 1.54) is 26.4 Å². The Morgan fingerprint density at radius 2 is 1.89 bits per heavy atom. The molecule has 0 unspecified atom stereocenters. The number of nitrogens with one attached hydrogen (secondary N) is 1. The zero-order valence-corrected chi connectivity index (χ0v) is 20.6. The third-order valence-electron chi connectivity index (χ3n) is 6.16. The molecule has 1 aliphatic rings. The van der Waals surface area contributed by atoms with Crippen LogP contribution < -0.4 is 15.0 Å². The lowest BCUT2D eigenvalue weighted by Gasteiger charge is -2.29. The zero-order valence-electron chi connectivity index (χ0n) is 20.6. The third-order valence-corrected chi connectivity index (χ3v) is 6.16. The molecule has 0 spiro atoms. The summed E-state index contributed by atoms with van der Waals surface area (Å²) < 4.78 is 7.04. The summed E-state index contributed by atoms with van der Waals surface area (Å²) in [6, 6.07) is 12.5. The number of aromatic nitrogens is 5. The maximum atomic E-state index is 12.9. The van der Waals surface area contributed by atoms with E-state index < -0.39 is 5.91 Å². The number of carbonyl (C=O) groups is 1. The number of anilines is 2. The fraction of sp³-hybridized carbons (Fsp3) is 0.296. The number of pyridine rings is 1. The Balaban J connectivity index is 1.37. The molecule has 1 aromatic carbocycles. The van der Waals surface area contributed by atoms with E-state index in [-0.39, 0.29) is 11.6 Å². The molecule has 182 valence electrons. The predicted molar refractivity (Wildman–Crippen MR) is 138 cm³/mol. The number of hydrogen-bond donors (Lipinski definition) is 1. The van der Waals surface area contributed by atoms with Crippen molar-refractivity contribution in [3.63, 3.8) is 0 Å². The second-order valence-corrected chi connectivity index (χ2v) is 8.86. The molecule has 0 aliphatic carbocycles. The summed E-state index contributed by atoms with van der Waals surface area (Å²) in [6.07, 6.45) is 6.96. The highest BCUT2D eigenvalue weighted by Crippen LogP contribution is 2.24. The Labute approximate surface area is 209 Å². The molecule has 1 aliphatic heterocycles. The third kappa shape index (κ3) is 4.84. The molecule has 9 heteroatoms. The number of imidazole rings is 1. The first-order valence-corrected chi connectivity index (χ1v) is 11.9. The number of fused-ring (bicyclic) bond motifs is 1. The van der Waals surface area contributed by atoms with Crippen LogP contribution in [0.25, 0.3) is 11.0 Å². The molecular weight excluding hydrogens is 454 g/mol. The van der Waals surface area contributed by atoms with Gasteiger partial charge in [-0.2, -0.15) is 0 Å². The van der Waals surface area contributed by atoms with Gasteiger partial charge < -0.3 is 15.0 Å². The molecule has 5 rings (SSSR count). The summed E-state index contributed by atoms with van der Waals surface area (Å²) in [5.41, 5.74) is 5.07. The Morgan fingerprint density at radius 3 is 2.67 bits per heavy atom. The van der Waals surface area contributed by atoms with Crippen molar-refractivity contribution in [2.45, 2.75) is 33.1 Å². The summed E-state index contributed by atoms with van der Waals surface area (Å²) in [5.74, 6) is 3.84. The lowest BCUT2D eigenvalue weighted by molar-refractivity contribution is 0.102. The van der Waals surface area contributed by atoms with Crippen LogP contribution >= 0.6 is 0 Å². The summed E-state index contributed by atoms with van der Waals surface area (Å²) >= 11 is 0. The first-order valence-electron chi connectivity index (χ1n) is 11.9. The van der Waals surface area contributed by atoms with Crippen LogP contribution in [0, 0.1) is 25.8 Å². The van der Waals surface area contributed by atoms with Gasteiger partial charge in [0.1, 0.15) is 12.1 Å². The Bertz CT molecular complexity index is 1490. The van der Waals surface area contributed by atoms with Gasteiger partial charge in [-0.1, -0.05) is 6.07 Å². The maximum absolute atomic E-state index is 12.9. The van der Waals surface area contributed by atoms with Gasteiger partial charge in [-0.15, -0.1) is 10.2 Å². The van der Waals surface area contributed by atoms with Crippen molar-refractivity contribution < 1.29 is 9.53 Å². The molecule has 1 fully saturated rings. The number of amides is 1. The number of ether oxygens (including phenoxy) is 1. The highest BCUT2D eigenvalue weighted by Gasteiger charge is 2.17. The number of aryl methyl sites for hydroxylation is 2. The van der Waals surface area contributed by atoms with Crippen molar-refractivity contribution in [3.8, 4) is 17.8 Å². The van der Waals surface area contributed by atoms with Gasteiger partial charge in [0.05, 0.1) is 35.6 Å². The molecule has 4 aromatic rings. The number of hydrogen-bond acceptors (Lipinski definition) is 7. The summed E-state index contributed by atoms with van der Waals surface area (Å²) in [6.45, 7) is 6.05. The van der Waals surface area contributed by atoms with E-state index in [4.69, 9.17) is 4.74 Å². The van der Waals surface area contributed by atoms with Crippen LogP contribution in [-0.4, -0.2) is 50.8 Å². The molecule has 4 heterocycles. The summed E-state index contributed by atoms with van der Waals surface area (Å²) in [7, 11) is 1.49. The van der Waals surface area contributed by atoms with Crippen molar-refractivity contribution in [1.29, 1.82) is 0 Å². The minimum atomic E-state index is -0.399. The number of benzene rings is 1. The zero-order chi connectivity index (χ0) is 25.1. The minimum Gasteiger partial charge on any atom is -0.479 e. The van der Waals surface area contributed by atoms with E-state index in [0.717, 1.165) is 41.1 Å². The van der Waals surface area contributed by atoms with Gasteiger partial charge in [0.15, 0.2) is 5.69 Å². The van der Waals surface area contributed by atoms with Crippen LogP contribution in [0.15, 0.2) is 42.9 Å². The van der Waals surface area contributed by atoms with E-state index in [2.05, 4.69) is 42.3 Å². The van der Waals surface area contributed by atoms with E-state index in [1.54, 1.807) is 23.2 Å². The molecule has 1 saturated heterocycles. The van der Waals surface area contributed by atoms with Crippen LogP contribution in [0.5, 0.6) is 5.88 Å². The molecule has 0 bridgehead atoms. The molecule has 1 N–H and O–H groups in total. The van der Waals surface area contributed by atoms with Crippen molar-refractivity contribution >= 4 is 28.4 Å². The van der Waals surface area contributed by atoms with Gasteiger partial charge in [-0.05, 0) is 74.4 Å². The van der Waals surface area contributed by atoms with Crippen LogP contribution in [0.2, 0.25) is 0 Å². The molecule has 0 atom stereocenters. The van der Waals surface area contributed by atoms with Gasteiger partial charge in [0.25, 0.3) is 5.91 Å². The molecule has 3 aromatic heterocycles. The van der Waals surface area contributed by atoms with Gasteiger partial charge in [-0.25, -0.2) is 9.97 Å². The first kappa shape index (κ1) is 23.3. The highest BCUT2D eigenvalue weighted by molar-refractivity contribution is 6.03. The van der Waals surface area contributed by atoms with Gasteiger partial charge in [0, 0.05) is 19.1 Å². The van der Waals surface area contributed by atoms with Crippen LogP contribution in [0.1, 0.15) is 46.4 Å². The average molecular weight is 482 g/mol. The van der Waals surface area contributed by atoms with Crippen LogP contribution in [0.4, 0.5) is 11.5 Å². The molecule has 9 nitrogen and oxygen atoms in total. The second kappa shape index (κ2) is 10.0. The number of nitrogens with zero attached hydrogens (tertiary/aromatic N) is 6. The largest absolute Gasteiger partial charge is 0.479 e. The fourth-order valence-corrected chi connectivity index (χ4v) is 4.33. The molecule has 0 radical (unpaired) electrons. The van der Waals surface area contributed by atoms with Gasteiger partial charge in [0.2, 0.25) is 5.88 Å². The van der Waals surface area contributed by atoms with E-state index in [1.807, 2.05) is 38.1 Å². The Hall–Kier alpha value is -4.45. The summed E-state index contributed by atoms with van der Waals surface area (Å²) in [4.78, 5) is 24.3. The predicted octanol–water partition coefficient (Wildman–Crippen LogP) is 3.95. The Kier molecular flexibility index (Phi) is 6.50. The lowest BCUT2D eigenvalue weighted by Crippen LogP contribution is -2.30. The highest BCUT2D eigenvalue weighted by atomic mass is 16.5. The van der Waals surface area contributed by atoms with Crippen molar-refractivity contribution in [2.75, 3.05) is 30.4 Å². The van der Waals surface area contributed by atoms with E-state index in [9.17, 15) is 4.79 Å². The SMILES string of the molecule is COc1nnc(C(=O)Nc2cnc(N3CCCCC3)c(C)c2)cc1C#Cn1cnc2cc(C)ccc21. The quantitative estimate of drug-likeness (QED) is 0.441. The smallest absolute Gasteiger partial charge is 0.276 e. The van der Waals surface area contributed by atoms with Crippen molar-refractivity contribution in [2.24, 2.45) is 0 Å². The van der Waals surface area contributed by atoms with E-state index in [0.29, 0.717) is 11.3 Å². The van der Waals surface area contributed by atoms with E-state index >= 15 is 0 Å². The standard InChI is InChI=1S/C27H27N7O2/c1-18-7-8-24-22(13-18)29-17-34(24)12-9-20-15-23(31-32-27(20)36-3)26(35)30-21-14-19(2)25(28-16-21)33-10-5-4-6-11-33/h7-8,13-17H,4-6,10-11H2,1-3H3,(H,30,35). The van der Waals surface area contributed by atoms with Crippen molar-refractivity contribution in [1.82, 2.24) is 24.7 Å². The van der Waals surface area contributed by atoms with Gasteiger partial charge in [-0.3, -0.25) is 9.36 Å². The molecular formula is C27H27N7O2. The fourth-order valence-electron chi connectivity index (χ4n) is 4.33. The number of methoxy groups -OCH3 is 1. The van der Waals surface area contributed by atoms with Gasteiger partial charge >= 0.3 is 0 Å². The first-order chi connectivity index (χ1) is 17.5. The minimum absolute atomic E-state index is 0.129. The number of rotatable bonds is 4. The second-order valence-electron chi connectivity index (χ2n) is 8.86. The molecule has 0 saturated carbocycles. The summed E-state index contributed by atoms with van der Waals surface area (Å²) in [5, 5.41) is 10.9. The maximum Gasteiger partial charge on any atom is 0.276 e. The topological polar surface area (TPSA) is 98.1 Å². The lowest BCUT2D eigenvalue weighted by atomic mass is 10.1. The average Bonchev–Trinajstić information content (AvgIpc) is 3.29. The molecule has 1 amide bonds. The van der Waals surface area contributed by atoms with Crippen LogP contribution in [0.3, 0.4) is 0 Å². The Morgan fingerprint density at radius 1 is 1.06 bits per heavy atom. The number of piperidine rings is 1. The monoisotopic (exact) mass is 481 g/mol.